The summed E-state index contributed by atoms with van der Waals surface area (Å²) in [6.45, 7) is 2.16. The second-order valence-corrected chi connectivity index (χ2v) is 5.76. The topological polar surface area (TPSA) is 66.3 Å². The van der Waals surface area contributed by atoms with Crippen LogP contribution in [0.15, 0.2) is 40.7 Å². The van der Waals surface area contributed by atoms with Crippen LogP contribution < -0.4 is 5.32 Å². The number of nitrogens with zero attached hydrogens (tertiary/aromatic N) is 3. The predicted molar refractivity (Wildman–Crippen MR) is 82.7 cm³/mol. The minimum Gasteiger partial charge on any atom is -0.462 e. The highest BCUT2D eigenvalue weighted by molar-refractivity contribution is 5.76. The molecule has 0 bridgehead atoms. The van der Waals surface area contributed by atoms with Crippen molar-refractivity contribution in [2.24, 2.45) is 10.3 Å². The molecular formula is C16H22N4O2. The van der Waals surface area contributed by atoms with Gasteiger partial charge in [0.1, 0.15) is 12.6 Å². The lowest BCUT2D eigenvalue weighted by molar-refractivity contribution is -0.147. The van der Waals surface area contributed by atoms with Gasteiger partial charge in [-0.3, -0.25) is 9.80 Å². The molecule has 2 atom stereocenters. The molecule has 1 N–H and O–H groups in total. The Kier molecular flexibility index (Phi) is 5.00. The van der Waals surface area contributed by atoms with Gasteiger partial charge in [-0.15, -0.1) is 5.11 Å². The summed E-state index contributed by atoms with van der Waals surface area (Å²) in [5.74, 6) is -0.135. The number of ether oxygens (including phenoxy) is 1. The molecule has 6 nitrogen and oxygen atoms in total. The maximum atomic E-state index is 11.9. The summed E-state index contributed by atoms with van der Waals surface area (Å²) < 4.78 is 5.45. The molecule has 1 aromatic rings. The Morgan fingerprint density at radius 1 is 1.27 bits per heavy atom. The summed E-state index contributed by atoms with van der Waals surface area (Å²) in [6.07, 6.45) is 3.96. The average Bonchev–Trinajstić information content (AvgIpc) is 3.23. The highest BCUT2D eigenvalue weighted by Crippen LogP contribution is 2.20. The maximum absolute atomic E-state index is 11.9. The van der Waals surface area contributed by atoms with Crippen molar-refractivity contribution in [3.8, 4) is 0 Å². The zero-order valence-electron chi connectivity index (χ0n) is 12.6. The number of carbonyl (C=O) groups excluding carboxylic acids is 1. The van der Waals surface area contributed by atoms with Crippen LogP contribution in [0.1, 0.15) is 25.7 Å². The van der Waals surface area contributed by atoms with Crippen molar-refractivity contribution in [3.63, 3.8) is 0 Å². The van der Waals surface area contributed by atoms with Crippen molar-refractivity contribution in [1.29, 1.82) is 0 Å². The molecule has 22 heavy (non-hydrogen) atoms. The van der Waals surface area contributed by atoms with Crippen LogP contribution in [0.3, 0.4) is 0 Å². The molecule has 118 valence electrons. The Bertz CT molecular complexity index is 514. The van der Waals surface area contributed by atoms with Gasteiger partial charge in [0, 0.05) is 6.54 Å². The summed E-state index contributed by atoms with van der Waals surface area (Å²) in [4.78, 5) is 11.9. The van der Waals surface area contributed by atoms with Crippen LogP contribution in [0.5, 0.6) is 0 Å². The van der Waals surface area contributed by atoms with Gasteiger partial charge in [0.25, 0.3) is 0 Å². The number of carbonyl (C=O) groups is 1. The molecule has 6 heteroatoms. The zero-order chi connectivity index (χ0) is 15.2. The molecule has 2 aliphatic heterocycles. The Labute approximate surface area is 130 Å². The van der Waals surface area contributed by atoms with Gasteiger partial charge in [0.05, 0.1) is 11.7 Å². The van der Waals surface area contributed by atoms with Crippen molar-refractivity contribution < 1.29 is 9.53 Å². The quantitative estimate of drug-likeness (QED) is 0.670. The highest BCUT2D eigenvalue weighted by atomic mass is 16.5. The third-order valence-corrected chi connectivity index (χ3v) is 4.14. The van der Waals surface area contributed by atoms with Gasteiger partial charge in [-0.2, -0.15) is 0 Å². The van der Waals surface area contributed by atoms with E-state index in [1.807, 2.05) is 35.3 Å². The number of esters is 1. The van der Waals surface area contributed by atoms with E-state index in [-0.39, 0.29) is 18.1 Å². The van der Waals surface area contributed by atoms with Gasteiger partial charge in [0.15, 0.2) is 0 Å². The van der Waals surface area contributed by atoms with E-state index in [4.69, 9.17) is 4.74 Å². The lowest BCUT2D eigenvalue weighted by atomic mass is 10.2. The number of hydrogen-bond acceptors (Lipinski definition) is 5. The normalized spacial score (nSPS) is 25.0. The Balaban J connectivity index is 1.50. The summed E-state index contributed by atoms with van der Waals surface area (Å²) >= 11 is 0. The molecule has 0 radical (unpaired) electrons. The van der Waals surface area contributed by atoms with E-state index in [0.29, 0.717) is 6.61 Å². The van der Waals surface area contributed by atoms with Crippen molar-refractivity contribution in [1.82, 2.24) is 10.3 Å². The van der Waals surface area contributed by atoms with Crippen molar-refractivity contribution in [3.05, 3.63) is 30.3 Å². The molecule has 0 aromatic heterocycles. The summed E-state index contributed by atoms with van der Waals surface area (Å²) in [7, 11) is 0. The Hall–Kier alpha value is -1.95. The summed E-state index contributed by atoms with van der Waals surface area (Å²) in [6, 6.07) is 9.67. The summed E-state index contributed by atoms with van der Waals surface area (Å²) in [5, 5.41) is 13.6. The molecule has 0 unspecified atom stereocenters. The van der Waals surface area contributed by atoms with Crippen LogP contribution in [0, 0.1) is 0 Å². The third-order valence-electron chi connectivity index (χ3n) is 4.14. The van der Waals surface area contributed by atoms with E-state index >= 15 is 0 Å². The highest BCUT2D eigenvalue weighted by Gasteiger charge is 2.28. The van der Waals surface area contributed by atoms with E-state index in [2.05, 4.69) is 15.7 Å². The van der Waals surface area contributed by atoms with E-state index in [0.717, 1.165) is 44.5 Å². The molecule has 2 fully saturated rings. The number of hydrogen-bond donors (Lipinski definition) is 1. The molecule has 0 aliphatic carbocycles. The van der Waals surface area contributed by atoms with E-state index in [1.165, 1.54) is 0 Å². The first-order chi connectivity index (χ1) is 10.8. The SMILES string of the molecule is O=C(OC[C@@H]1CCCN1N=Nc1ccccc1)[C@@H]1CCCN1. The van der Waals surface area contributed by atoms with Crippen LogP contribution in [-0.4, -0.2) is 42.8 Å². The fourth-order valence-corrected chi connectivity index (χ4v) is 2.88. The summed E-state index contributed by atoms with van der Waals surface area (Å²) in [5.41, 5.74) is 0.834. The van der Waals surface area contributed by atoms with Gasteiger partial charge in [-0.05, 0) is 44.4 Å². The second kappa shape index (κ2) is 7.35. The average molecular weight is 302 g/mol. The first-order valence-electron chi connectivity index (χ1n) is 7.96. The van der Waals surface area contributed by atoms with Crippen LogP contribution in [0.2, 0.25) is 0 Å². The van der Waals surface area contributed by atoms with E-state index in [1.54, 1.807) is 0 Å². The monoisotopic (exact) mass is 302 g/mol. The van der Waals surface area contributed by atoms with E-state index < -0.39 is 0 Å². The minimum absolute atomic E-state index is 0.124. The molecular weight excluding hydrogens is 280 g/mol. The fourth-order valence-electron chi connectivity index (χ4n) is 2.88. The Morgan fingerprint density at radius 2 is 2.14 bits per heavy atom. The molecule has 2 saturated heterocycles. The first-order valence-corrected chi connectivity index (χ1v) is 7.96. The largest absolute Gasteiger partial charge is 0.462 e. The smallest absolute Gasteiger partial charge is 0.323 e. The van der Waals surface area contributed by atoms with E-state index in [9.17, 15) is 4.79 Å². The predicted octanol–water partition coefficient (Wildman–Crippen LogP) is 2.44. The van der Waals surface area contributed by atoms with Crippen molar-refractivity contribution in [2.45, 2.75) is 37.8 Å². The minimum atomic E-state index is -0.135. The zero-order valence-corrected chi connectivity index (χ0v) is 12.6. The van der Waals surface area contributed by atoms with Gasteiger partial charge < -0.3 is 10.1 Å². The standard InChI is InChI=1S/C16H22N4O2/c21-16(15-9-4-10-17-15)22-12-14-8-5-11-20(14)19-18-13-6-2-1-3-7-13/h1-3,6-7,14-15,17H,4-5,8-12H2/t14-,15-/m0/s1. The number of nitrogens with one attached hydrogen (secondary N) is 1. The molecule has 2 heterocycles. The number of benzene rings is 1. The molecule has 0 spiro atoms. The van der Waals surface area contributed by atoms with Crippen molar-refractivity contribution >= 4 is 11.7 Å². The van der Waals surface area contributed by atoms with Crippen LogP contribution in [0.4, 0.5) is 5.69 Å². The van der Waals surface area contributed by atoms with Crippen LogP contribution in [0.25, 0.3) is 0 Å². The first kappa shape index (κ1) is 15.0. The lowest BCUT2D eigenvalue weighted by Gasteiger charge is -2.20. The molecule has 3 rings (SSSR count). The second-order valence-electron chi connectivity index (χ2n) is 5.76. The molecule has 0 saturated carbocycles. The van der Waals surface area contributed by atoms with Gasteiger partial charge in [-0.25, -0.2) is 0 Å². The Morgan fingerprint density at radius 3 is 2.91 bits per heavy atom. The van der Waals surface area contributed by atoms with Gasteiger partial charge in [-0.1, -0.05) is 23.4 Å². The van der Waals surface area contributed by atoms with Gasteiger partial charge in [0.2, 0.25) is 0 Å². The third kappa shape index (κ3) is 3.82. The van der Waals surface area contributed by atoms with Gasteiger partial charge >= 0.3 is 5.97 Å². The molecule has 1 aromatic carbocycles. The lowest BCUT2D eigenvalue weighted by Crippen LogP contribution is -2.36. The molecule has 2 aliphatic rings. The number of rotatable bonds is 5. The van der Waals surface area contributed by atoms with Crippen LogP contribution in [-0.2, 0) is 9.53 Å². The van der Waals surface area contributed by atoms with Crippen molar-refractivity contribution in [2.75, 3.05) is 19.7 Å². The maximum Gasteiger partial charge on any atom is 0.323 e. The van der Waals surface area contributed by atoms with Crippen LogP contribution >= 0.6 is 0 Å². The molecule has 0 amide bonds. The fraction of sp³-hybridized carbons (Fsp3) is 0.562.